The first kappa shape index (κ1) is 8.27. The maximum Gasteiger partial charge on any atom is 0.339 e. The van der Waals surface area contributed by atoms with Crippen molar-refractivity contribution in [3.8, 4) is 0 Å². The zero-order valence-electron chi connectivity index (χ0n) is 6.46. The minimum Gasteiger partial charge on any atom is -0.459 e. The van der Waals surface area contributed by atoms with Gasteiger partial charge in [-0.25, -0.2) is 4.79 Å². The van der Waals surface area contributed by atoms with Gasteiger partial charge in [0.05, 0.1) is 17.0 Å². The summed E-state index contributed by atoms with van der Waals surface area (Å²) in [6.45, 7) is 3.65. The Kier molecular flexibility index (Phi) is 2.65. The second kappa shape index (κ2) is 3.53. The van der Waals surface area contributed by atoms with Crippen LogP contribution in [-0.4, -0.2) is 12.1 Å². The number of carbonyl (C=O) groups excluding carboxylic acids is 1. The molecule has 0 amide bonds. The van der Waals surface area contributed by atoms with Gasteiger partial charge in [-0.1, -0.05) is 0 Å². The Hall–Kier alpha value is -0.830. The van der Waals surface area contributed by atoms with Crippen molar-refractivity contribution in [2.75, 3.05) is 0 Å². The lowest BCUT2D eigenvalue weighted by atomic mass is 10.3. The highest BCUT2D eigenvalue weighted by Gasteiger charge is 2.08. The summed E-state index contributed by atoms with van der Waals surface area (Å²) in [5.74, 6) is -0.291. The van der Waals surface area contributed by atoms with Gasteiger partial charge in [-0.15, -0.1) is 11.3 Å². The second-order valence-corrected chi connectivity index (χ2v) is 3.10. The number of thiophene rings is 1. The molecule has 0 aliphatic carbocycles. The molecule has 0 unspecified atom stereocenters. The van der Waals surface area contributed by atoms with Crippen molar-refractivity contribution >= 4 is 17.3 Å². The van der Waals surface area contributed by atoms with Crippen LogP contribution in [0.25, 0.3) is 0 Å². The van der Waals surface area contributed by atoms with Gasteiger partial charge in [0.25, 0.3) is 0 Å². The molecule has 0 aromatic carbocycles. The molecular weight excluding hydrogens is 160 g/mol. The maximum atomic E-state index is 11.1. The highest BCUT2D eigenvalue weighted by molar-refractivity contribution is 7.07. The predicted molar refractivity (Wildman–Crippen MR) is 43.7 cm³/mol. The van der Waals surface area contributed by atoms with Crippen molar-refractivity contribution in [2.45, 2.75) is 20.0 Å². The Balaban J connectivity index is 2.57. The van der Waals surface area contributed by atoms with Gasteiger partial charge in [-0.2, -0.15) is 0 Å². The fraction of sp³-hybridized carbons (Fsp3) is 0.375. The van der Waals surface area contributed by atoms with Crippen molar-refractivity contribution in [2.24, 2.45) is 0 Å². The summed E-state index contributed by atoms with van der Waals surface area (Å²) >= 11 is 1.37. The van der Waals surface area contributed by atoms with E-state index in [1.54, 1.807) is 11.4 Å². The number of carbonyl (C=O) groups is 1. The van der Waals surface area contributed by atoms with E-state index in [1.165, 1.54) is 11.3 Å². The first-order valence-corrected chi connectivity index (χ1v) is 4.24. The van der Waals surface area contributed by atoms with Gasteiger partial charge in [0.1, 0.15) is 0 Å². The van der Waals surface area contributed by atoms with Crippen LogP contribution in [0.1, 0.15) is 24.2 Å². The highest BCUT2D eigenvalue weighted by atomic mass is 32.1. The quantitative estimate of drug-likeness (QED) is 0.634. The van der Waals surface area contributed by atoms with Crippen molar-refractivity contribution in [3.05, 3.63) is 22.4 Å². The highest BCUT2D eigenvalue weighted by Crippen LogP contribution is 2.07. The van der Waals surface area contributed by atoms with Crippen molar-refractivity contribution in [3.63, 3.8) is 0 Å². The SMILES string of the molecule is CC(C)OC(=O)c1[c]scc1. The van der Waals surface area contributed by atoms with E-state index in [4.69, 9.17) is 4.74 Å². The molecule has 1 heterocycles. The summed E-state index contributed by atoms with van der Waals surface area (Å²) in [6, 6.07) is 1.70. The van der Waals surface area contributed by atoms with Gasteiger partial charge >= 0.3 is 5.97 Å². The Morgan fingerprint density at radius 1 is 1.73 bits per heavy atom. The third-order valence-electron chi connectivity index (χ3n) is 1.03. The van der Waals surface area contributed by atoms with Crippen LogP contribution < -0.4 is 0 Å². The van der Waals surface area contributed by atoms with E-state index < -0.39 is 0 Å². The molecule has 59 valence electrons. The van der Waals surface area contributed by atoms with E-state index in [0.717, 1.165) is 0 Å². The van der Waals surface area contributed by atoms with E-state index in [0.29, 0.717) is 5.56 Å². The minimum absolute atomic E-state index is 0.0594. The smallest absolute Gasteiger partial charge is 0.339 e. The molecule has 0 atom stereocenters. The number of hydrogen-bond acceptors (Lipinski definition) is 3. The molecule has 0 saturated heterocycles. The predicted octanol–water partition coefficient (Wildman–Crippen LogP) is 2.11. The van der Waals surface area contributed by atoms with Crippen LogP contribution in [-0.2, 0) is 4.74 Å². The van der Waals surface area contributed by atoms with E-state index in [2.05, 4.69) is 5.38 Å². The molecule has 0 N–H and O–H groups in total. The molecule has 0 spiro atoms. The number of ether oxygens (including phenoxy) is 1. The van der Waals surface area contributed by atoms with Crippen molar-refractivity contribution in [1.29, 1.82) is 0 Å². The van der Waals surface area contributed by atoms with E-state index in [-0.39, 0.29) is 12.1 Å². The van der Waals surface area contributed by atoms with E-state index in [1.807, 2.05) is 13.8 Å². The molecule has 0 bridgehead atoms. The largest absolute Gasteiger partial charge is 0.459 e. The molecule has 1 aromatic heterocycles. The lowest BCUT2D eigenvalue weighted by Gasteiger charge is -2.05. The van der Waals surface area contributed by atoms with E-state index >= 15 is 0 Å². The standard InChI is InChI=1S/C8H9O2S/c1-6(2)10-8(9)7-3-4-11-5-7/h3-4,6H,1-2H3. The third kappa shape index (κ3) is 2.35. The Morgan fingerprint density at radius 3 is 2.91 bits per heavy atom. The first-order valence-electron chi connectivity index (χ1n) is 3.36. The summed E-state index contributed by atoms with van der Waals surface area (Å²) in [7, 11) is 0. The van der Waals surface area contributed by atoms with Gasteiger partial charge in [-0.3, -0.25) is 0 Å². The van der Waals surface area contributed by atoms with Gasteiger partial charge in [-0.05, 0) is 25.3 Å². The molecule has 1 aromatic rings. The number of hydrogen-bond donors (Lipinski definition) is 0. The molecular formula is C8H9O2S. The molecule has 1 rings (SSSR count). The van der Waals surface area contributed by atoms with Crippen molar-refractivity contribution in [1.82, 2.24) is 0 Å². The van der Waals surface area contributed by atoms with Crippen LogP contribution in [0, 0.1) is 5.38 Å². The van der Waals surface area contributed by atoms with E-state index in [9.17, 15) is 4.79 Å². The first-order chi connectivity index (χ1) is 5.20. The second-order valence-electron chi connectivity index (χ2n) is 2.39. The van der Waals surface area contributed by atoms with Crippen LogP contribution in [0.3, 0.4) is 0 Å². The fourth-order valence-electron chi connectivity index (χ4n) is 0.621. The minimum atomic E-state index is -0.291. The average molecular weight is 169 g/mol. The average Bonchev–Trinajstić information content (AvgIpc) is 2.35. The Bertz CT molecular complexity index is 226. The molecule has 1 radical (unpaired) electrons. The lowest BCUT2D eigenvalue weighted by molar-refractivity contribution is 0.0378. The maximum absolute atomic E-state index is 11.1. The summed E-state index contributed by atoms with van der Waals surface area (Å²) < 4.78 is 4.93. The van der Waals surface area contributed by atoms with Crippen LogP contribution in [0.15, 0.2) is 11.4 Å². The summed E-state index contributed by atoms with van der Waals surface area (Å²) in [6.07, 6.45) is -0.0594. The van der Waals surface area contributed by atoms with Gasteiger partial charge in [0.2, 0.25) is 0 Å². The van der Waals surface area contributed by atoms with Crippen LogP contribution in [0.5, 0.6) is 0 Å². The molecule has 3 heteroatoms. The number of rotatable bonds is 2. The third-order valence-corrected chi connectivity index (χ3v) is 1.64. The molecule has 2 nitrogen and oxygen atoms in total. The Morgan fingerprint density at radius 2 is 2.45 bits per heavy atom. The molecule has 0 fully saturated rings. The Labute approximate surface area is 69.8 Å². The van der Waals surface area contributed by atoms with Crippen molar-refractivity contribution < 1.29 is 9.53 Å². The molecule has 0 aliphatic heterocycles. The van der Waals surface area contributed by atoms with Crippen LogP contribution in [0.2, 0.25) is 0 Å². The summed E-state index contributed by atoms with van der Waals surface area (Å²) in [5.41, 5.74) is 0.517. The molecule has 0 aliphatic rings. The number of esters is 1. The fourth-order valence-corrected chi connectivity index (χ4v) is 1.17. The zero-order valence-corrected chi connectivity index (χ0v) is 7.27. The van der Waals surface area contributed by atoms with Gasteiger partial charge in [0, 0.05) is 0 Å². The monoisotopic (exact) mass is 169 g/mol. The zero-order chi connectivity index (χ0) is 8.27. The van der Waals surface area contributed by atoms with Gasteiger partial charge in [0.15, 0.2) is 0 Å². The lowest BCUT2D eigenvalue weighted by Crippen LogP contribution is -2.10. The van der Waals surface area contributed by atoms with Crippen LogP contribution >= 0.6 is 11.3 Å². The summed E-state index contributed by atoms with van der Waals surface area (Å²) in [5, 5.41) is 4.61. The molecule has 0 saturated carbocycles. The van der Waals surface area contributed by atoms with Gasteiger partial charge < -0.3 is 4.74 Å². The topological polar surface area (TPSA) is 26.3 Å². The normalized spacial score (nSPS) is 10.1. The molecule has 11 heavy (non-hydrogen) atoms. The van der Waals surface area contributed by atoms with Crippen LogP contribution in [0.4, 0.5) is 0 Å². The summed E-state index contributed by atoms with van der Waals surface area (Å²) in [4.78, 5) is 11.1.